The molecule has 3 aromatic carbocycles. The summed E-state index contributed by atoms with van der Waals surface area (Å²) in [5, 5.41) is 9.17. The number of rotatable bonds is 4. The number of nitrogens with one attached hydrogen (secondary N) is 1. The summed E-state index contributed by atoms with van der Waals surface area (Å²) in [6.07, 6.45) is 1.69. The molecule has 2 atom stereocenters. The van der Waals surface area contributed by atoms with Gasteiger partial charge in [-0.05, 0) is 48.6 Å². The number of hydrogen-bond acceptors (Lipinski definition) is 6. The molecule has 1 N–H and O–H groups in total. The number of aromatic nitrogens is 3. The fourth-order valence-electron chi connectivity index (χ4n) is 4.67. The lowest BCUT2D eigenvalue weighted by molar-refractivity contribution is 0.222. The zero-order valence-corrected chi connectivity index (χ0v) is 20.0. The number of hydrogen-bond donors (Lipinski definition) is 1. The maximum Gasteiger partial charge on any atom is 0.227 e. The molecule has 2 aliphatic rings. The summed E-state index contributed by atoms with van der Waals surface area (Å²) in [5.74, 6) is 2.39. The van der Waals surface area contributed by atoms with Gasteiger partial charge >= 0.3 is 0 Å². The maximum atomic E-state index is 6.68. The molecule has 2 aliphatic heterocycles. The Labute approximate surface area is 202 Å². The SMILES string of the molecule is COc1ccc([C@@H]2Oc3ccccc3C3=C2[C@H](c2ccc(C)cc2)n2nc(SC)nc2N3)cc1. The molecule has 0 saturated heterocycles. The first-order valence-electron chi connectivity index (χ1n) is 11.1. The third kappa shape index (κ3) is 3.35. The topological polar surface area (TPSA) is 61.2 Å². The standard InChI is InChI=1S/C27H24N4O2S/c1-16-8-10-17(11-9-16)24-22-23(28-26-29-27(34-3)30-31(24)26)20-6-4-5-7-21(20)33-25(22)18-12-14-19(32-2)15-13-18/h4-15,24-25H,1-3H3,(H,28,29,30)/t24-,25-/m0/s1. The average molecular weight is 469 g/mol. The second-order valence-electron chi connectivity index (χ2n) is 8.40. The van der Waals surface area contributed by atoms with Gasteiger partial charge in [0.15, 0.2) is 0 Å². The zero-order valence-electron chi connectivity index (χ0n) is 19.1. The molecule has 0 saturated carbocycles. The molecule has 170 valence electrons. The highest BCUT2D eigenvalue weighted by molar-refractivity contribution is 7.98. The molecule has 0 unspecified atom stereocenters. The number of thioether (sulfide) groups is 1. The number of fused-ring (bicyclic) bond motifs is 3. The molecule has 0 spiro atoms. The van der Waals surface area contributed by atoms with Crippen LogP contribution in [0, 0.1) is 6.92 Å². The molecule has 0 bridgehead atoms. The highest BCUT2D eigenvalue weighted by Gasteiger charge is 2.41. The second kappa shape index (κ2) is 8.25. The monoisotopic (exact) mass is 468 g/mol. The third-order valence-electron chi connectivity index (χ3n) is 6.35. The molecule has 0 aliphatic carbocycles. The van der Waals surface area contributed by atoms with Gasteiger partial charge in [0.25, 0.3) is 0 Å². The van der Waals surface area contributed by atoms with Gasteiger partial charge in [0.05, 0.1) is 12.8 Å². The lowest BCUT2D eigenvalue weighted by atomic mass is 9.84. The van der Waals surface area contributed by atoms with Crippen LogP contribution >= 0.6 is 11.8 Å². The Morgan fingerprint density at radius 2 is 1.71 bits per heavy atom. The number of para-hydroxylation sites is 1. The zero-order chi connectivity index (χ0) is 23.2. The van der Waals surface area contributed by atoms with Crippen LogP contribution in [0.15, 0.2) is 83.5 Å². The molecular formula is C27H24N4O2S. The molecule has 3 heterocycles. The quantitative estimate of drug-likeness (QED) is 0.378. The number of aryl methyl sites for hydroxylation is 1. The van der Waals surface area contributed by atoms with E-state index in [4.69, 9.17) is 19.6 Å². The second-order valence-corrected chi connectivity index (χ2v) is 9.18. The van der Waals surface area contributed by atoms with E-state index < -0.39 is 0 Å². The Morgan fingerprint density at radius 1 is 0.971 bits per heavy atom. The number of methoxy groups -OCH3 is 1. The van der Waals surface area contributed by atoms with E-state index in [1.807, 2.05) is 41.3 Å². The van der Waals surface area contributed by atoms with Gasteiger partial charge in [-0.3, -0.25) is 0 Å². The van der Waals surface area contributed by atoms with Gasteiger partial charge in [0, 0.05) is 11.1 Å². The first-order valence-corrected chi connectivity index (χ1v) is 12.4. The number of anilines is 1. The molecule has 1 aromatic heterocycles. The lowest BCUT2D eigenvalue weighted by Gasteiger charge is -2.39. The maximum absolute atomic E-state index is 6.68. The number of nitrogens with zero attached hydrogens (tertiary/aromatic N) is 3. The van der Waals surface area contributed by atoms with Crippen LogP contribution in [0.25, 0.3) is 5.70 Å². The highest BCUT2D eigenvalue weighted by Crippen LogP contribution is 2.51. The summed E-state index contributed by atoms with van der Waals surface area (Å²) in [6, 6.07) is 24.7. The van der Waals surface area contributed by atoms with Crippen molar-refractivity contribution >= 4 is 23.4 Å². The minimum Gasteiger partial charge on any atom is -0.497 e. The van der Waals surface area contributed by atoms with E-state index in [1.54, 1.807) is 7.11 Å². The Balaban J connectivity index is 1.60. The summed E-state index contributed by atoms with van der Waals surface area (Å²) in [5.41, 5.74) is 6.57. The van der Waals surface area contributed by atoms with Crippen LogP contribution in [0.1, 0.15) is 34.4 Å². The van der Waals surface area contributed by atoms with Crippen LogP contribution in [-0.2, 0) is 0 Å². The minimum atomic E-state index is -0.301. The van der Waals surface area contributed by atoms with Gasteiger partial charge in [-0.15, -0.1) is 5.10 Å². The van der Waals surface area contributed by atoms with E-state index in [0.717, 1.165) is 50.6 Å². The van der Waals surface area contributed by atoms with Crippen molar-refractivity contribution in [1.82, 2.24) is 14.8 Å². The molecular weight excluding hydrogens is 444 g/mol. The van der Waals surface area contributed by atoms with Crippen LogP contribution in [-0.4, -0.2) is 28.1 Å². The smallest absolute Gasteiger partial charge is 0.227 e. The molecule has 0 amide bonds. The Bertz CT molecular complexity index is 1390. The third-order valence-corrected chi connectivity index (χ3v) is 6.89. The molecule has 34 heavy (non-hydrogen) atoms. The largest absolute Gasteiger partial charge is 0.497 e. The van der Waals surface area contributed by atoms with Crippen LogP contribution in [0.3, 0.4) is 0 Å². The van der Waals surface area contributed by atoms with E-state index in [0.29, 0.717) is 0 Å². The van der Waals surface area contributed by atoms with E-state index >= 15 is 0 Å². The number of benzene rings is 3. The molecule has 0 radical (unpaired) electrons. The summed E-state index contributed by atoms with van der Waals surface area (Å²) >= 11 is 1.54. The first kappa shape index (κ1) is 20.9. The van der Waals surface area contributed by atoms with Crippen molar-refractivity contribution in [3.8, 4) is 11.5 Å². The van der Waals surface area contributed by atoms with Crippen molar-refractivity contribution in [3.63, 3.8) is 0 Å². The van der Waals surface area contributed by atoms with Crippen LogP contribution in [0.2, 0.25) is 0 Å². The van der Waals surface area contributed by atoms with Gasteiger partial charge in [-0.1, -0.05) is 65.9 Å². The Hall–Kier alpha value is -3.71. The highest BCUT2D eigenvalue weighted by atomic mass is 32.2. The van der Waals surface area contributed by atoms with E-state index in [-0.39, 0.29) is 12.1 Å². The summed E-state index contributed by atoms with van der Waals surface area (Å²) in [6.45, 7) is 2.10. The van der Waals surface area contributed by atoms with E-state index in [2.05, 4.69) is 54.7 Å². The van der Waals surface area contributed by atoms with E-state index in [1.165, 1.54) is 17.3 Å². The minimum absolute atomic E-state index is 0.166. The Kier molecular flexibility index (Phi) is 5.07. The van der Waals surface area contributed by atoms with Crippen molar-refractivity contribution < 1.29 is 9.47 Å². The van der Waals surface area contributed by atoms with Crippen molar-refractivity contribution in [3.05, 3.63) is 101 Å². The predicted octanol–water partition coefficient (Wildman–Crippen LogP) is 5.88. The molecule has 4 aromatic rings. The summed E-state index contributed by atoms with van der Waals surface area (Å²) in [7, 11) is 1.68. The van der Waals surface area contributed by atoms with Gasteiger partial charge < -0.3 is 14.8 Å². The van der Waals surface area contributed by atoms with Crippen molar-refractivity contribution in [2.24, 2.45) is 0 Å². The molecule has 7 heteroatoms. The molecule has 0 fully saturated rings. The van der Waals surface area contributed by atoms with E-state index in [9.17, 15) is 0 Å². The summed E-state index contributed by atoms with van der Waals surface area (Å²) in [4.78, 5) is 4.76. The first-order chi connectivity index (χ1) is 16.7. The van der Waals surface area contributed by atoms with Gasteiger partial charge in [-0.25, -0.2) is 4.68 Å². The fourth-order valence-corrected chi connectivity index (χ4v) is 5.01. The van der Waals surface area contributed by atoms with Crippen molar-refractivity contribution in [1.29, 1.82) is 0 Å². The lowest BCUT2D eigenvalue weighted by Crippen LogP contribution is -2.32. The van der Waals surface area contributed by atoms with Gasteiger partial charge in [0.2, 0.25) is 11.1 Å². The summed E-state index contributed by atoms with van der Waals surface area (Å²) < 4.78 is 14.1. The fraction of sp³-hybridized carbons (Fsp3) is 0.185. The average Bonchev–Trinajstić information content (AvgIpc) is 3.30. The van der Waals surface area contributed by atoms with Crippen molar-refractivity contribution in [2.45, 2.75) is 24.2 Å². The normalized spacial score (nSPS) is 18.3. The van der Waals surface area contributed by atoms with Crippen molar-refractivity contribution in [2.75, 3.05) is 18.7 Å². The van der Waals surface area contributed by atoms with Crippen LogP contribution < -0.4 is 14.8 Å². The van der Waals surface area contributed by atoms with Crippen LogP contribution in [0.5, 0.6) is 11.5 Å². The predicted molar refractivity (Wildman–Crippen MR) is 134 cm³/mol. The molecule has 6 rings (SSSR count). The van der Waals surface area contributed by atoms with Gasteiger partial charge in [-0.2, -0.15) is 4.98 Å². The molecule has 6 nitrogen and oxygen atoms in total. The Morgan fingerprint density at radius 3 is 2.44 bits per heavy atom. The number of ether oxygens (including phenoxy) is 2. The van der Waals surface area contributed by atoms with Gasteiger partial charge in [0.1, 0.15) is 23.6 Å². The van der Waals surface area contributed by atoms with Crippen LogP contribution in [0.4, 0.5) is 5.95 Å².